The van der Waals surface area contributed by atoms with Crippen molar-refractivity contribution in [1.82, 2.24) is 25.1 Å². The third kappa shape index (κ3) is 2.78. The second-order valence-electron chi connectivity index (χ2n) is 5.19. The molecule has 0 saturated carbocycles. The maximum atomic E-state index is 12.1. The zero-order valence-electron chi connectivity index (χ0n) is 12.2. The fourth-order valence-corrected chi connectivity index (χ4v) is 2.38. The Morgan fingerprint density at radius 2 is 2.27 bits per heavy atom. The van der Waals surface area contributed by atoms with E-state index < -0.39 is 0 Å². The molecule has 114 valence electrons. The second-order valence-corrected chi connectivity index (χ2v) is 5.19. The molecule has 0 saturated heterocycles. The van der Waals surface area contributed by atoms with Crippen LogP contribution in [0.15, 0.2) is 35.4 Å². The van der Waals surface area contributed by atoms with Gasteiger partial charge in [0.05, 0.1) is 17.2 Å². The molecule has 3 rings (SSSR count). The van der Waals surface area contributed by atoms with E-state index in [0.29, 0.717) is 12.1 Å². The van der Waals surface area contributed by atoms with Crippen LogP contribution in [-0.4, -0.2) is 32.2 Å². The number of hydrogen-bond acceptors (Lipinski definition) is 3. The Bertz CT molecular complexity index is 845. The molecule has 0 unspecified atom stereocenters. The summed E-state index contributed by atoms with van der Waals surface area (Å²) in [4.78, 5) is 26.4. The van der Waals surface area contributed by atoms with Crippen LogP contribution in [-0.2, 0) is 13.5 Å². The number of imidazole rings is 1. The summed E-state index contributed by atoms with van der Waals surface area (Å²) in [5.41, 5.74) is 2.93. The first-order valence-electron chi connectivity index (χ1n) is 7.10. The van der Waals surface area contributed by atoms with Gasteiger partial charge in [0, 0.05) is 25.4 Å². The first-order chi connectivity index (χ1) is 10.6. The highest BCUT2D eigenvalue weighted by Crippen LogP contribution is 2.12. The van der Waals surface area contributed by atoms with Gasteiger partial charge in [-0.1, -0.05) is 0 Å². The number of aromatic nitrogens is 4. The van der Waals surface area contributed by atoms with Crippen molar-refractivity contribution in [1.29, 1.82) is 0 Å². The first-order valence-corrected chi connectivity index (χ1v) is 7.10. The van der Waals surface area contributed by atoms with E-state index in [-0.39, 0.29) is 11.6 Å². The standard InChI is InChI=1S/C15H17N5O2/c1-20-13-7-11(4-5-12(13)19-15(20)22)14(21)16-6-2-3-10-8-17-18-9-10/h4-5,7-9H,2-3,6H2,1H3,(H,16,21)(H,17,18)(H,19,22). The Morgan fingerprint density at radius 3 is 3.05 bits per heavy atom. The van der Waals surface area contributed by atoms with Crippen LogP contribution in [0.2, 0.25) is 0 Å². The quantitative estimate of drug-likeness (QED) is 0.612. The molecule has 3 N–H and O–H groups in total. The largest absolute Gasteiger partial charge is 0.352 e. The molecule has 1 amide bonds. The first kappa shape index (κ1) is 14.1. The Kier molecular flexibility index (Phi) is 3.78. The van der Waals surface area contributed by atoms with Gasteiger partial charge in [0.15, 0.2) is 0 Å². The van der Waals surface area contributed by atoms with E-state index in [1.807, 2.05) is 6.20 Å². The van der Waals surface area contributed by atoms with E-state index in [9.17, 15) is 9.59 Å². The average molecular weight is 299 g/mol. The molecule has 0 spiro atoms. The van der Waals surface area contributed by atoms with Crippen molar-refractivity contribution in [2.24, 2.45) is 7.05 Å². The number of aryl methyl sites for hydroxylation is 2. The summed E-state index contributed by atoms with van der Waals surface area (Å²) in [6, 6.07) is 5.18. The SMILES string of the molecule is Cn1c(=O)[nH]c2ccc(C(=O)NCCCc3cn[nH]c3)cc21. The average Bonchev–Trinajstić information content (AvgIpc) is 3.13. The minimum atomic E-state index is -0.187. The summed E-state index contributed by atoms with van der Waals surface area (Å²) in [5, 5.41) is 9.53. The number of hydrogen-bond donors (Lipinski definition) is 3. The number of benzene rings is 1. The van der Waals surface area contributed by atoms with Crippen molar-refractivity contribution in [2.45, 2.75) is 12.8 Å². The number of nitrogens with one attached hydrogen (secondary N) is 3. The Labute approximate surface area is 126 Å². The molecule has 1 aromatic carbocycles. The molecule has 0 fully saturated rings. The van der Waals surface area contributed by atoms with Crippen LogP contribution in [0, 0.1) is 0 Å². The number of H-pyrrole nitrogens is 2. The van der Waals surface area contributed by atoms with Gasteiger partial charge in [0.2, 0.25) is 0 Å². The van der Waals surface area contributed by atoms with E-state index in [1.54, 1.807) is 31.4 Å². The lowest BCUT2D eigenvalue weighted by atomic mass is 10.1. The van der Waals surface area contributed by atoms with Gasteiger partial charge in [-0.05, 0) is 36.6 Å². The Hall–Kier alpha value is -2.83. The number of nitrogens with zero attached hydrogens (tertiary/aromatic N) is 2. The zero-order valence-corrected chi connectivity index (χ0v) is 12.2. The molecule has 0 atom stereocenters. The number of fused-ring (bicyclic) bond motifs is 1. The van der Waals surface area contributed by atoms with Gasteiger partial charge in [0.1, 0.15) is 0 Å². The summed E-state index contributed by atoms with van der Waals surface area (Å²) in [6.45, 7) is 0.591. The predicted octanol–water partition coefficient (Wildman–Crippen LogP) is 0.952. The van der Waals surface area contributed by atoms with Gasteiger partial charge in [-0.3, -0.25) is 14.5 Å². The summed E-state index contributed by atoms with van der Waals surface area (Å²) in [5.74, 6) is -0.136. The number of aromatic amines is 2. The molecule has 0 aliphatic heterocycles. The fourth-order valence-electron chi connectivity index (χ4n) is 2.38. The number of amides is 1. The van der Waals surface area contributed by atoms with Gasteiger partial charge in [-0.15, -0.1) is 0 Å². The predicted molar refractivity (Wildman–Crippen MR) is 82.8 cm³/mol. The van der Waals surface area contributed by atoms with Gasteiger partial charge in [0.25, 0.3) is 5.91 Å². The lowest BCUT2D eigenvalue weighted by Gasteiger charge is -2.05. The van der Waals surface area contributed by atoms with Crippen LogP contribution in [0.1, 0.15) is 22.3 Å². The molecule has 0 radical (unpaired) electrons. The molecule has 2 aromatic heterocycles. The highest BCUT2D eigenvalue weighted by atomic mass is 16.2. The summed E-state index contributed by atoms with van der Waals surface area (Å²) >= 11 is 0. The molecule has 0 aliphatic rings. The van der Waals surface area contributed by atoms with Crippen LogP contribution >= 0.6 is 0 Å². The van der Waals surface area contributed by atoms with Crippen molar-refractivity contribution < 1.29 is 4.79 Å². The van der Waals surface area contributed by atoms with E-state index in [4.69, 9.17) is 0 Å². The molecule has 2 heterocycles. The van der Waals surface area contributed by atoms with Crippen LogP contribution in [0.4, 0.5) is 0 Å². The van der Waals surface area contributed by atoms with Gasteiger partial charge >= 0.3 is 5.69 Å². The molecular formula is C15H17N5O2. The smallest absolute Gasteiger partial charge is 0.326 e. The molecule has 3 aromatic rings. The minimum Gasteiger partial charge on any atom is -0.352 e. The molecular weight excluding hydrogens is 282 g/mol. The van der Waals surface area contributed by atoms with Crippen LogP contribution in [0.3, 0.4) is 0 Å². The normalized spacial score (nSPS) is 11.0. The van der Waals surface area contributed by atoms with E-state index in [0.717, 1.165) is 29.4 Å². The van der Waals surface area contributed by atoms with E-state index in [2.05, 4.69) is 20.5 Å². The molecule has 7 heteroatoms. The van der Waals surface area contributed by atoms with Crippen molar-refractivity contribution in [3.63, 3.8) is 0 Å². The minimum absolute atomic E-state index is 0.136. The third-order valence-corrected chi connectivity index (χ3v) is 3.65. The third-order valence-electron chi connectivity index (χ3n) is 3.65. The van der Waals surface area contributed by atoms with E-state index >= 15 is 0 Å². The van der Waals surface area contributed by atoms with Crippen LogP contribution in [0.5, 0.6) is 0 Å². The summed E-state index contributed by atoms with van der Waals surface area (Å²) < 4.78 is 1.49. The van der Waals surface area contributed by atoms with Gasteiger partial charge < -0.3 is 10.3 Å². The Balaban J connectivity index is 1.62. The monoisotopic (exact) mass is 299 g/mol. The van der Waals surface area contributed by atoms with Crippen LogP contribution < -0.4 is 11.0 Å². The van der Waals surface area contributed by atoms with Gasteiger partial charge in [-0.2, -0.15) is 5.10 Å². The lowest BCUT2D eigenvalue weighted by molar-refractivity contribution is 0.0953. The van der Waals surface area contributed by atoms with Gasteiger partial charge in [-0.25, -0.2) is 4.79 Å². The number of rotatable bonds is 5. The number of carbonyl (C=O) groups is 1. The summed E-state index contributed by atoms with van der Waals surface area (Å²) in [6.07, 6.45) is 5.34. The molecule has 22 heavy (non-hydrogen) atoms. The van der Waals surface area contributed by atoms with E-state index in [1.165, 1.54) is 4.57 Å². The second kappa shape index (κ2) is 5.88. The van der Waals surface area contributed by atoms with Crippen LogP contribution in [0.25, 0.3) is 11.0 Å². The molecule has 0 aliphatic carbocycles. The lowest BCUT2D eigenvalue weighted by Crippen LogP contribution is -2.24. The fraction of sp³-hybridized carbons (Fsp3) is 0.267. The van der Waals surface area contributed by atoms with Crippen molar-refractivity contribution >= 4 is 16.9 Å². The highest BCUT2D eigenvalue weighted by molar-refractivity contribution is 5.97. The van der Waals surface area contributed by atoms with Crippen molar-refractivity contribution in [3.8, 4) is 0 Å². The topological polar surface area (TPSA) is 95.6 Å². The maximum absolute atomic E-state index is 12.1. The summed E-state index contributed by atoms with van der Waals surface area (Å²) in [7, 11) is 1.67. The Morgan fingerprint density at radius 1 is 1.41 bits per heavy atom. The maximum Gasteiger partial charge on any atom is 0.326 e. The molecule has 7 nitrogen and oxygen atoms in total. The molecule has 0 bridgehead atoms. The number of carbonyl (C=O) groups excluding carboxylic acids is 1. The zero-order chi connectivity index (χ0) is 15.5. The van der Waals surface area contributed by atoms with Crippen molar-refractivity contribution in [2.75, 3.05) is 6.54 Å². The highest BCUT2D eigenvalue weighted by Gasteiger charge is 2.09. The van der Waals surface area contributed by atoms with Crippen molar-refractivity contribution in [3.05, 3.63) is 52.2 Å².